The molecule has 2 aromatic rings. The summed E-state index contributed by atoms with van der Waals surface area (Å²) in [6.07, 6.45) is 0. The molecule has 0 spiro atoms. The Morgan fingerprint density at radius 2 is 2.16 bits per heavy atom. The molecule has 0 atom stereocenters. The van der Waals surface area contributed by atoms with Crippen molar-refractivity contribution in [1.29, 1.82) is 0 Å². The van der Waals surface area contributed by atoms with Crippen molar-refractivity contribution in [3.63, 3.8) is 0 Å². The highest BCUT2D eigenvalue weighted by atomic mass is 16.6. The van der Waals surface area contributed by atoms with E-state index in [0.717, 1.165) is 0 Å². The highest BCUT2D eigenvalue weighted by molar-refractivity contribution is 5.45. The topological polar surface area (TPSA) is 93.9 Å². The second kappa shape index (κ2) is 5.47. The fourth-order valence-corrected chi connectivity index (χ4v) is 1.51. The normalized spacial score (nSPS) is 10.7. The molecular weight excluding hydrogens is 248 g/mol. The summed E-state index contributed by atoms with van der Waals surface area (Å²) in [6, 6.07) is 6.23. The molecule has 7 nitrogen and oxygen atoms in total. The van der Waals surface area contributed by atoms with Gasteiger partial charge in [-0.05, 0) is 6.07 Å². The van der Waals surface area contributed by atoms with Gasteiger partial charge in [0.15, 0.2) is 17.4 Å². The van der Waals surface area contributed by atoms with Crippen LogP contribution in [-0.2, 0) is 6.61 Å². The molecule has 2 rings (SSSR count). The minimum Gasteiger partial charge on any atom is -0.479 e. The number of benzene rings is 1. The number of rotatable bonds is 5. The number of aromatic amines is 1. The molecule has 0 unspecified atom stereocenters. The summed E-state index contributed by atoms with van der Waals surface area (Å²) in [5.74, 6) is 1.68. The summed E-state index contributed by atoms with van der Waals surface area (Å²) in [5.41, 5.74) is -0.0638. The Morgan fingerprint density at radius 1 is 1.42 bits per heavy atom. The summed E-state index contributed by atoms with van der Waals surface area (Å²) < 4.78 is 5.40. The molecule has 0 amide bonds. The smallest absolute Gasteiger partial charge is 0.310 e. The first kappa shape index (κ1) is 13.0. The fourth-order valence-electron chi connectivity index (χ4n) is 1.51. The summed E-state index contributed by atoms with van der Waals surface area (Å²) in [6.45, 7) is 4.08. The first-order valence-corrected chi connectivity index (χ1v) is 5.85. The number of ether oxygens (including phenoxy) is 1. The van der Waals surface area contributed by atoms with E-state index in [2.05, 4.69) is 15.2 Å². The number of hydrogen-bond donors (Lipinski definition) is 1. The SMILES string of the molecule is CC(C)c1n[nH]c(COc2ccccc2[N+](=O)[O-])n1. The van der Waals surface area contributed by atoms with Gasteiger partial charge in [0.2, 0.25) is 0 Å². The number of nitrogens with zero attached hydrogens (tertiary/aromatic N) is 3. The minimum absolute atomic E-state index is 0.0638. The average molecular weight is 262 g/mol. The number of nitro benzene ring substituents is 1. The van der Waals surface area contributed by atoms with Crippen LogP contribution in [0.2, 0.25) is 0 Å². The molecule has 1 aromatic heterocycles. The molecular formula is C12H14N4O3. The van der Waals surface area contributed by atoms with Gasteiger partial charge in [0.05, 0.1) is 4.92 Å². The van der Waals surface area contributed by atoms with Crippen LogP contribution >= 0.6 is 0 Å². The lowest BCUT2D eigenvalue weighted by molar-refractivity contribution is -0.385. The van der Waals surface area contributed by atoms with E-state index in [1.807, 2.05) is 13.8 Å². The van der Waals surface area contributed by atoms with Crippen molar-refractivity contribution in [2.75, 3.05) is 0 Å². The van der Waals surface area contributed by atoms with E-state index in [4.69, 9.17) is 4.74 Å². The van der Waals surface area contributed by atoms with Gasteiger partial charge in [0, 0.05) is 12.0 Å². The third kappa shape index (κ3) is 3.06. The zero-order chi connectivity index (χ0) is 13.8. The maximum absolute atomic E-state index is 10.8. The lowest BCUT2D eigenvalue weighted by atomic mass is 10.2. The van der Waals surface area contributed by atoms with Crippen molar-refractivity contribution in [2.45, 2.75) is 26.4 Å². The Hall–Kier alpha value is -2.44. The number of para-hydroxylation sites is 2. The van der Waals surface area contributed by atoms with Crippen molar-refractivity contribution in [1.82, 2.24) is 15.2 Å². The molecule has 0 fully saturated rings. The average Bonchev–Trinajstić information content (AvgIpc) is 2.85. The Morgan fingerprint density at radius 3 is 2.79 bits per heavy atom. The van der Waals surface area contributed by atoms with Gasteiger partial charge in [-0.1, -0.05) is 26.0 Å². The van der Waals surface area contributed by atoms with Gasteiger partial charge in [0.1, 0.15) is 6.61 Å². The molecule has 1 N–H and O–H groups in total. The number of nitro groups is 1. The predicted octanol–water partition coefficient (Wildman–Crippen LogP) is 2.42. The second-order valence-corrected chi connectivity index (χ2v) is 4.31. The van der Waals surface area contributed by atoms with E-state index in [0.29, 0.717) is 11.6 Å². The molecule has 0 saturated carbocycles. The zero-order valence-corrected chi connectivity index (χ0v) is 10.7. The van der Waals surface area contributed by atoms with E-state index in [1.165, 1.54) is 6.07 Å². The summed E-state index contributed by atoms with van der Waals surface area (Å²) in [5, 5.41) is 17.6. The highest BCUT2D eigenvalue weighted by Gasteiger charge is 2.14. The van der Waals surface area contributed by atoms with Crippen molar-refractivity contribution < 1.29 is 9.66 Å². The second-order valence-electron chi connectivity index (χ2n) is 4.31. The lowest BCUT2D eigenvalue weighted by Crippen LogP contribution is -2.00. The van der Waals surface area contributed by atoms with Gasteiger partial charge >= 0.3 is 5.69 Å². The number of aromatic nitrogens is 3. The molecule has 19 heavy (non-hydrogen) atoms. The quantitative estimate of drug-likeness (QED) is 0.659. The summed E-state index contributed by atoms with van der Waals surface area (Å²) in [4.78, 5) is 14.6. The molecule has 100 valence electrons. The molecule has 0 bridgehead atoms. The zero-order valence-electron chi connectivity index (χ0n) is 10.7. The van der Waals surface area contributed by atoms with Crippen LogP contribution in [0, 0.1) is 10.1 Å². The van der Waals surface area contributed by atoms with Gasteiger partial charge in [-0.3, -0.25) is 15.2 Å². The highest BCUT2D eigenvalue weighted by Crippen LogP contribution is 2.26. The molecule has 1 aromatic carbocycles. The molecule has 0 aliphatic carbocycles. The molecule has 1 heterocycles. The van der Waals surface area contributed by atoms with E-state index in [1.54, 1.807) is 18.2 Å². The maximum atomic E-state index is 10.8. The standard InChI is InChI=1S/C12H14N4O3/c1-8(2)12-13-11(14-15-12)7-19-10-6-4-3-5-9(10)16(17)18/h3-6,8H,7H2,1-2H3,(H,13,14,15). The largest absolute Gasteiger partial charge is 0.479 e. The third-order valence-corrected chi connectivity index (χ3v) is 2.49. The number of nitrogens with one attached hydrogen (secondary N) is 1. The maximum Gasteiger partial charge on any atom is 0.310 e. The van der Waals surface area contributed by atoms with E-state index in [-0.39, 0.29) is 24.0 Å². The molecule has 7 heteroatoms. The number of H-pyrrole nitrogens is 1. The van der Waals surface area contributed by atoms with Crippen molar-refractivity contribution in [3.8, 4) is 5.75 Å². The van der Waals surface area contributed by atoms with Crippen molar-refractivity contribution >= 4 is 5.69 Å². The molecule has 0 saturated heterocycles. The van der Waals surface area contributed by atoms with E-state index < -0.39 is 4.92 Å². The Labute approximate surface area is 109 Å². The van der Waals surface area contributed by atoms with E-state index in [9.17, 15) is 10.1 Å². The third-order valence-electron chi connectivity index (χ3n) is 2.49. The van der Waals surface area contributed by atoms with Crippen LogP contribution in [0.15, 0.2) is 24.3 Å². The van der Waals surface area contributed by atoms with Crippen LogP contribution in [-0.4, -0.2) is 20.1 Å². The number of hydrogen-bond acceptors (Lipinski definition) is 5. The molecule has 0 radical (unpaired) electrons. The van der Waals surface area contributed by atoms with Gasteiger partial charge in [-0.2, -0.15) is 5.10 Å². The summed E-state index contributed by atoms with van der Waals surface area (Å²) >= 11 is 0. The van der Waals surface area contributed by atoms with Crippen LogP contribution < -0.4 is 4.74 Å². The van der Waals surface area contributed by atoms with Crippen LogP contribution in [0.1, 0.15) is 31.4 Å². The van der Waals surface area contributed by atoms with Crippen LogP contribution in [0.3, 0.4) is 0 Å². The van der Waals surface area contributed by atoms with Crippen molar-refractivity contribution in [3.05, 3.63) is 46.0 Å². The first-order chi connectivity index (χ1) is 9.08. The van der Waals surface area contributed by atoms with Crippen molar-refractivity contribution in [2.24, 2.45) is 0 Å². The van der Waals surface area contributed by atoms with Crippen LogP contribution in [0.25, 0.3) is 0 Å². The molecule has 0 aliphatic rings. The fraction of sp³-hybridized carbons (Fsp3) is 0.333. The van der Waals surface area contributed by atoms with Crippen LogP contribution in [0.4, 0.5) is 5.69 Å². The van der Waals surface area contributed by atoms with Gasteiger partial charge < -0.3 is 4.74 Å². The summed E-state index contributed by atoms with van der Waals surface area (Å²) in [7, 11) is 0. The van der Waals surface area contributed by atoms with Gasteiger partial charge in [-0.15, -0.1) is 0 Å². The Balaban J connectivity index is 2.08. The molecule has 0 aliphatic heterocycles. The van der Waals surface area contributed by atoms with Gasteiger partial charge in [0.25, 0.3) is 0 Å². The Bertz CT molecular complexity index is 580. The monoisotopic (exact) mass is 262 g/mol. The predicted molar refractivity (Wildman–Crippen MR) is 67.9 cm³/mol. The Kier molecular flexibility index (Phi) is 3.74. The van der Waals surface area contributed by atoms with Crippen LogP contribution in [0.5, 0.6) is 5.75 Å². The lowest BCUT2D eigenvalue weighted by Gasteiger charge is -2.04. The van der Waals surface area contributed by atoms with E-state index >= 15 is 0 Å². The first-order valence-electron chi connectivity index (χ1n) is 5.85. The minimum atomic E-state index is -0.477. The van der Waals surface area contributed by atoms with Gasteiger partial charge in [-0.25, -0.2) is 4.98 Å².